The Bertz CT molecular complexity index is 1730. The molecule has 4 N–H and O–H groups in total. The number of nitrogens with one attached hydrogen (secondary N) is 2. The minimum Gasteiger partial charge on any atom is -0.378 e. The van der Waals surface area contributed by atoms with E-state index in [2.05, 4.69) is 43.4 Å². The molecular weight excluding hydrogens is 516 g/mol. The number of urea groups is 1. The number of pyridine rings is 1. The Morgan fingerprint density at radius 3 is 2.51 bits per heavy atom. The molecule has 2 amide bonds. The second-order valence-corrected chi connectivity index (χ2v) is 10.4. The average Bonchev–Trinajstić information content (AvgIpc) is 3.63. The molecule has 5 aromatic rings. The van der Waals surface area contributed by atoms with Gasteiger partial charge in [-0.2, -0.15) is 4.98 Å². The van der Waals surface area contributed by atoms with Gasteiger partial charge in [0.25, 0.3) is 0 Å². The maximum Gasteiger partial charge on any atom is 0.322 e. The van der Waals surface area contributed by atoms with Crippen molar-refractivity contribution in [1.29, 1.82) is 0 Å². The molecule has 2 aromatic carbocycles. The molecule has 5 heterocycles. The summed E-state index contributed by atoms with van der Waals surface area (Å²) in [6.07, 6.45) is 1.87. The number of rotatable bonds is 4. The molecule has 1 saturated heterocycles. The standard InChI is InChI=1S/C31H30N8O2/c1-19-23(7-4-8-25(19)35-31(40)39-17-21-5-2-3-6-22(21)18-39)28-24-15-26(34-29(24)37-30(32)36-28)20-9-10-27(33-16-20)38-11-13-41-14-12-38/h2-10,15-16H,11-14,17-18H2,1H3,(H,35,40)(H3,32,34,36,37). The van der Waals surface area contributed by atoms with Gasteiger partial charge in [0.2, 0.25) is 5.95 Å². The van der Waals surface area contributed by atoms with Crippen molar-refractivity contribution >= 4 is 34.5 Å². The van der Waals surface area contributed by atoms with Gasteiger partial charge >= 0.3 is 6.03 Å². The SMILES string of the molecule is Cc1c(NC(=O)N2Cc3ccccc3C2)cccc1-c1nc(N)nc2[nH]c(-c3ccc(N4CCOCC4)nc3)cc12. The number of amides is 2. The molecule has 0 unspecified atom stereocenters. The number of hydrogen-bond acceptors (Lipinski definition) is 7. The van der Waals surface area contributed by atoms with Crippen molar-refractivity contribution in [2.75, 3.05) is 42.3 Å². The van der Waals surface area contributed by atoms with Crippen molar-refractivity contribution in [3.63, 3.8) is 0 Å². The van der Waals surface area contributed by atoms with Gasteiger partial charge in [0.05, 0.1) is 18.9 Å². The number of fused-ring (bicyclic) bond motifs is 2. The zero-order valence-corrected chi connectivity index (χ0v) is 22.7. The Balaban J connectivity index is 1.18. The van der Waals surface area contributed by atoms with E-state index in [-0.39, 0.29) is 12.0 Å². The van der Waals surface area contributed by atoms with Crippen LogP contribution < -0.4 is 16.0 Å². The molecule has 0 saturated carbocycles. The van der Waals surface area contributed by atoms with Crippen LogP contribution in [0.25, 0.3) is 33.5 Å². The molecule has 206 valence electrons. The molecule has 0 spiro atoms. The maximum atomic E-state index is 13.2. The summed E-state index contributed by atoms with van der Waals surface area (Å²) < 4.78 is 5.45. The smallest absolute Gasteiger partial charge is 0.322 e. The Labute approximate surface area is 237 Å². The molecule has 2 aliphatic heterocycles. The van der Waals surface area contributed by atoms with Gasteiger partial charge < -0.3 is 30.6 Å². The van der Waals surface area contributed by atoms with Crippen LogP contribution in [0.2, 0.25) is 0 Å². The van der Waals surface area contributed by atoms with E-state index in [1.807, 2.05) is 60.5 Å². The summed E-state index contributed by atoms with van der Waals surface area (Å²) in [4.78, 5) is 34.4. The number of carbonyl (C=O) groups is 1. The number of aromatic amines is 1. The highest BCUT2D eigenvalue weighted by Crippen LogP contribution is 2.35. The Hall–Kier alpha value is -4.96. The second kappa shape index (κ2) is 10.2. The topological polar surface area (TPSA) is 125 Å². The third kappa shape index (κ3) is 4.72. The van der Waals surface area contributed by atoms with Crippen LogP contribution in [0.5, 0.6) is 0 Å². The van der Waals surface area contributed by atoms with Crippen LogP contribution in [0, 0.1) is 6.92 Å². The molecular formula is C31H30N8O2. The summed E-state index contributed by atoms with van der Waals surface area (Å²) in [6.45, 7) is 6.27. The number of ether oxygens (including phenoxy) is 1. The van der Waals surface area contributed by atoms with Gasteiger partial charge in [0, 0.05) is 60.3 Å². The van der Waals surface area contributed by atoms with Crippen LogP contribution in [0.15, 0.2) is 66.9 Å². The minimum atomic E-state index is -0.134. The van der Waals surface area contributed by atoms with E-state index in [9.17, 15) is 4.79 Å². The number of anilines is 3. The highest BCUT2D eigenvalue weighted by Gasteiger charge is 2.24. The fraction of sp³-hybridized carbons (Fsp3) is 0.226. The lowest BCUT2D eigenvalue weighted by atomic mass is 10.0. The fourth-order valence-corrected chi connectivity index (χ4v) is 5.61. The number of carbonyl (C=O) groups excluding carboxylic acids is 1. The third-order valence-corrected chi connectivity index (χ3v) is 7.86. The van der Waals surface area contributed by atoms with Crippen molar-refractivity contribution in [1.82, 2.24) is 24.8 Å². The van der Waals surface area contributed by atoms with Gasteiger partial charge in [-0.25, -0.2) is 14.8 Å². The molecule has 10 heteroatoms. The summed E-state index contributed by atoms with van der Waals surface area (Å²) in [5.74, 6) is 1.11. The number of aromatic nitrogens is 4. The second-order valence-electron chi connectivity index (χ2n) is 10.4. The summed E-state index contributed by atoms with van der Waals surface area (Å²) in [5, 5.41) is 3.95. The van der Waals surface area contributed by atoms with E-state index in [4.69, 9.17) is 15.5 Å². The van der Waals surface area contributed by atoms with Crippen LogP contribution in [0.4, 0.5) is 22.2 Å². The first-order valence-corrected chi connectivity index (χ1v) is 13.7. The zero-order valence-electron chi connectivity index (χ0n) is 22.7. The van der Waals surface area contributed by atoms with E-state index in [1.165, 1.54) is 11.1 Å². The molecule has 1 fully saturated rings. The van der Waals surface area contributed by atoms with Crippen LogP contribution in [-0.2, 0) is 17.8 Å². The van der Waals surface area contributed by atoms with Crippen molar-refractivity contribution in [2.24, 2.45) is 0 Å². The van der Waals surface area contributed by atoms with Gasteiger partial charge in [0.15, 0.2) is 0 Å². The number of H-pyrrole nitrogens is 1. The average molecular weight is 547 g/mol. The number of nitrogens with two attached hydrogens (primary N) is 1. The number of hydrogen-bond donors (Lipinski definition) is 3. The zero-order chi connectivity index (χ0) is 27.9. The molecule has 10 nitrogen and oxygen atoms in total. The van der Waals surface area contributed by atoms with Crippen molar-refractivity contribution in [3.05, 3.63) is 83.6 Å². The van der Waals surface area contributed by atoms with Crippen molar-refractivity contribution in [2.45, 2.75) is 20.0 Å². The van der Waals surface area contributed by atoms with E-state index in [0.29, 0.717) is 37.6 Å². The number of nitrogen functional groups attached to an aromatic ring is 1. The number of morpholine rings is 1. The monoisotopic (exact) mass is 546 g/mol. The predicted molar refractivity (Wildman–Crippen MR) is 159 cm³/mol. The van der Waals surface area contributed by atoms with Crippen LogP contribution in [0.1, 0.15) is 16.7 Å². The fourth-order valence-electron chi connectivity index (χ4n) is 5.61. The molecule has 0 aliphatic carbocycles. The van der Waals surface area contributed by atoms with E-state index in [0.717, 1.165) is 52.4 Å². The summed E-state index contributed by atoms with van der Waals surface area (Å²) in [5.41, 5.74) is 14.2. The normalized spacial score (nSPS) is 14.9. The van der Waals surface area contributed by atoms with Gasteiger partial charge in [-0.15, -0.1) is 0 Å². The van der Waals surface area contributed by atoms with Gasteiger partial charge in [-0.3, -0.25) is 0 Å². The first-order valence-electron chi connectivity index (χ1n) is 13.7. The van der Waals surface area contributed by atoms with E-state index in [1.54, 1.807) is 0 Å². The lowest BCUT2D eigenvalue weighted by Crippen LogP contribution is -2.36. The summed E-state index contributed by atoms with van der Waals surface area (Å²) >= 11 is 0. The highest BCUT2D eigenvalue weighted by atomic mass is 16.5. The molecule has 0 atom stereocenters. The number of benzene rings is 2. The maximum absolute atomic E-state index is 13.2. The molecule has 0 bridgehead atoms. The van der Waals surface area contributed by atoms with E-state index >= 15 is 0 Å². The largest absolute Gasteiger partial charge is 0.378 e. The third-order valence-electron chi connectivity index (χ3n) is 7.86. The van der Waals surface area contributed by atoms with Gasteiger partial charge in [0.1, 0.15) is 11.5 Å². The predicted octanol–water partition coefficient (Wildman–Crippen LogP) is 4.96. The molecule has 41 heavy (non-hydrogen) atoms. The molecule has 2 aliphatic rings. The molecule has 0 radical (unpaired) electrons. The molecule has 3 aromatic heterocycles. The lowest BCUT2D eigenvalue weighted by molar-refractivity contribution is 0.122. The number of nitrogens with zero attached hydrogens (tertiary/aromatic N) is 5. The van der Waals surface area contributed by atoms with Crippen LogP contribution in [0.3, 0.4) is 0 Å². The van der Waals surface area contributed by atoms with Crippen molar-refractivity contribution in [3.8, 4) is 22.5 Å². The Morgan fingerprint density at radius 1 is 1.00 bits per heavy atom. The van der Waals surface area contributed by atoms with Crippen molar-refractivity contribution < 1.29 is 9.53 Å². The van der Waals surface area contributed by atoms with Crippen LogP contribution in [-0.4, -0.2) is 57.2 Å². The van der Waals surface area contributed by atoms with E-state index < -0.39 is 0 Å². The molecule has 7 rings (SSSR count). The lowest BCUT2D eigenvalue weighted by Gasteiger charge is -2.27. The van der Waals surface area contributed by atoms with Gasteiger partial charge in [-0.05, 0) is 47.9 Å². The summed E-state index contributed by atoms with van der Waals surface area (Å²) in [6, 6.07) is 19.9. The Morgan fingerprint density at radius 2 is 1.78 bits per heavy atom. The minimum absolute atomic E-state index is 0.134. The highest BCUT2D eigenvalue weighted by molar-refractivity contribution is 5.98. The summed E-state index contributed by atoms with van der Waals surface area (Å²) in [7, 11) is 0. The quantitative estimate of drug-likeness (QED) is 0.291. The van der Waals surface area contributed by atoms with Gasteiger partial charge in [-0.1, -0.05) is 36.4 Å². The van der Waals surface area contributed by atoms with Crippen LogP contribution >= 0.6 is 0 Å². The Kier molecular flexibility index (Phi) is 6.24. The first kappa shape index (κ1) is 25.0. The first-order chi connectivity index (χ1) is 20.0.